The van der Waals surface area contributed by atoms with E-state index in [0.29, 0.717) is 76.3 Å². The fourth-order valence-corrected chi connectivity index (χ4v) is 7.02. The number of hydrogen-bond donors (Lipinski definition) is 0. The highest BCUT2D eigenvalue weighted by molar-refractivity contribution is 7.92. The lowest BCUT2D eigenvalue weighted by atomic mass is 10.0. The molecule has 1 aliphatic heterocycles. The number of morpholine rings is 1. The zero-order chi connectivity index (χ0) is 34.3. The lowest BCUT2D eigenvalue weighted by Gasteiger charge is -2.29. The molecule has 11 nitrogen and oxygen atoms in total. The molecule has 0 amide bonds. The molecule has 1 aliphatic carbocycles. The van der Waals surface area contributed by atoms with Crippen LogP contribution in [0.15, 0.2) is 48.8 Å². The van der Waals surface area contributed by atoms with Crippen molar-refractivity contribution in [2.45, 2.75) is 31.8 Å². The van der Waals surface area contributed by atoms with Crippen molar-refractivity contribution < 1.29 is 41.9 Å². The van der Waals surface area contributed by atoms with Gasteiger partial charge in [0.15, 0.2) is 23.9 Å². The molecule has 1 saturated heterocycles. The monoisotopic (exact) mass is 722 g/mol. The van der Waals surface area contributed by atoms with E-state index in [1.54, 1.807) is 48.8 Å². The van der Waals surface area contributed by atoms with Crippen molar-refractivity contribution >= 4 is 44.9 Å². The molecular formula is C34H42Cl2N3O8S+. The van der Waals surface area contributed by atoms with Crippen LogP contribution in [0.1, 0.15) is 46.9 Å². The molecule has 1 N–H and O–H groups in total. The molecule has 2 heterocycles. The second-order valence-corrected chi connectivity index (χ2v) is 14.6. The van der Waals surface area contributed by atoms with Crippen molar-refractivity contribution in [1.82, 2.24) is 4.90 Å². The summed E-state index contributed by atoms with van der Waals surface area (Å²) in [7, 11) is -0.603. The Hall–Kier alpha value is -3.29. The van der Waals surface area contributed by atoms with Crippen LogP contribution >= 0.6 is 23.2 Å². The number of ether oxygens (including phenoxy) is 5. The van der Waals surface area contributed by atoms with Crippen LogP contribution < -0.4 is 23.5 Å². The van der Waals surface area contributed by atoms with Crippen LogP contribution in [-0.4, -0.2) is 85.8 Å². The Morgan fingerprint density at radius 1 is 1.02 bits per heavy atom. The predicted octanol–water partition coefficient (Wildman–Crippen LogP) is 5.24. The molecule has 14 heteroatoms. The molecule has 0 unspecified atom stereocenters. The van der Waals surface area contributed by atoms with Gasteiger partial charge in [0, 0.05) is 38.2 Å². The molecule has 1 aromatic heterocycles. The third-order valence-electron chi connectivity index (χ3n) is 8.39. The average Bonchev–Trinajstić information content (AvgIpc) is 3.91. The summed E-state index contributed by atoms with van der Waals surface area (Å²) in [4.78, 5) is 19.0. The van der Waals surface area contributed by atoms with Gasteiger partial charge in [-0.2, -0.15) is 0 Å². The molecule has 3 aromatic rings. The Morgan fingerprint density at radius 3 is 2.38 bits per heavy atom. The number of sulfonamides is 1. The van der Waals surface area contributed by atoms with Gasteiger partial charge in [-0.1, -0.05) is 29.3 Å². The number of carbonyl (C=O) groups excluding carboxylic acids is 1. The molecule has 0 spiro atoms. The maximum Gasteiger partial charge on any atom is 0.338 e. The van der Waals surface area contributed by atoms with Crippen molar-refractivity contribution in [3.05, 3.63) is 75.5 Å². The van der Waals surface area contributed by atoms with E-state index in [2.05, 4.69) is 9.88 Å². The Bertz CT molecular complexity index is 1660. The van der Waals surface area contributed by atoms with E-state index < -0.39 is 22.1 Å². The summed E-state index contributed by atoms with van der Waals surface area (Å²) < 4.78 is 56.1. The van der Waals surface area contributed by atoms with E-state index in [-0.39, 0.29) is 18.5 Å². The summed E-state index contributed by atoms with van der Waals surface area (Å²) in [6, 6.07) is 9.98. The first-order chi connectivity index (χ1) is 23.1. The van der Waals surface area contributed by atoms with Gasteiger partial charge in [0.1, 0.15) is 21.9 Å². The number of hydrogen-bond acceptors (Lipinski definition) is 9. The second kappa shape index (κ2) is 16.4. The van der Waals surface area contributed by atoms with Gasteiger partial charge in [0.2, 0.25) is 10.0 Å². The van der Waals surface area contributed by atoms with Gasteiger partial charge in [0.05, 0.1) is 51.5 Å². The number of carbonyl (C=O) groups is 1. The second-order valence-electron chi connectivity index (χ2n) is 11.9. The number of benzene rings is 2. The van der Waals surface area contributed by atoms with Crippen molar-refractivity contribution in [2.75, 3.05) is 70.8 Å². The van der Waals surface area contributed by atoms with Crippen LogP contribution in [0.25, 0.3) is 0 Å². The highest BCUT2D eigenvalue weighted by Gasteiger charge is 2.28. The largest absolute Gasteiger partial charge is 0.493 e. The van der Waals surface area contributed by atoms with Gasteiger partial charge < -0.3 is 23.7 Å². The fraction of sp³-hybridized carbons (Fsp3) is 0.471. The van der Waals surface area contributed by atoms with Crippen molar-refractivity contribution in [3.8, 4) is 17.2 Å². The number of esters is 1. The first-order valence-corrected chi connectivity index (χ1v) is 18.5. The lowest BCUT2D eigenvalue weighted by molar-refractivity contribution is -0.377. The van der Waals surface area contributed by atoms with Crippen LogP contribution in [0.3, 0.4) is 0 Å². The maximum atomic E-state index is 13.8. The minimum Gasteiger partial charge on any atom is -0.493 e. The summed E-state index contributed by atoms with van der Waals surface area (Å²) in [6.45, 7) is 4.40. The fourth-order valence-electron chi connectivity index (χ4n) is 5.52. The van der Waals surface area contributed by atoms with Crippen LogP contribution in [0, 0.1) is 5.92 Å². The number of methoxy groups -OCH3 is 2. The normalized spacial score (nSPS) is 15.9. The summed E-state index contributed by atoms with van der Waals surface area (Å²) in [6.07, 6.45) is 6.44. The summed E-state index contributed by atoms with van der Waals surface area (Å²) in [5.74, 6) is 1.05. The molecule has 0 radical (unpaired) electrons. The van der Waals surface area contributed by atoms with Gasteiger partial charge >= 0.3 is 5.97 Å². The van der Waals surface area contributed by atoms with E-state index in [4.69, 9.17) is 46.9 Å². The van der Waals surface area contributed by atoms with Crippen LogP contribution in [0.5, 0.6) is 17.2 Å². The van der Waals surface area contributed by atoms with E-state index in [9.17, 15) is 13.2 Å². The Kier molecular flexibility index (Phi) is 12.3. The zero-order valence-corrected chi connectivity index (χ0v) is 29.7. The third kappa shape index (κ3) is 9.44. The average molecular weight is 724 g/mol. The SMILES string of the molecule is COc1ccc([C@H](Cc2c(Cl)c[nH+]cc2Cl)OC(=O)c2ccc(N(CCCN3CCOCC3)S(C)(=O)=O)c(OCC3CC3)c2)cc1OC. The third-order valence-corrected chi connectivity index (χ3v) is 10.2. The number of halogens is 2. The summed E-state index contributed by atoms with van der Waals surface area (Å²) >= 11 is 13.0. The summed E-state index contributed by atoms with van der Waals surface area (Å²) in [5.41, 5.74) is 1.81. The number of rotatable bonds is 16. The summed E-state index contributed by atoms with van der Waals surface area (Å²) in [5, 5.41) is 0.775. The molecule has 5 rings (SSSR count). The van der Waals surface area contributed by atoms with Crippen LogP contribution in [0.4, 0.5) is 5.69 Å². The van der Waals surface area contributed by atoms with E-state index >= 15 is 0 Å². The number of nitrogens with one attached hydrogen (secondary N) is 1. The highest BCUT2D eigenvalue weighted by atomic mass is 35.5. The highest BCUT2D eigenvalue weighted by Crippen LogP contribution is 2.38. The van der Waals surface area contributed by atoms with Gasteiger partial charge in [-0.25, -0.2) is 18.2 Å². The molecule has 2 aliphatic rings. The predicted molar refractivity (Wildman–Crippen MR) is 183 cm³/mol. The molecule has 1 atom stereocenters. The minimum absolute atomic E-state index is 0.168. The van der Waals surface area contributed by atoms with Crippen LogP contribution in [-0.2, 0) is 25.9 Å². The van der Waals surface area contributed by atoms with Crippen molar-refractivity contribution in [3.63, 3.8) is 0 Å². The Labute approximate surface area is 292 Å². The van der Waals surface area contributed by atoms with E-state index in [1.807, 2.05) is 0 Å². The molecule has 2 aromatic carbocycles. The maximum absolute atomic E-state index is 13.8. The number of aromatic nitrogens is 1. The standard InChI is InChI=1S/C34H41Cl2N3O8S/c1-43-30-10-8-24(17-33(30)44-2)31(19-26-27(35)20-37-21-28(26)36)47-34(40)25-7-9-29(32(18-25)46-22-23-5-6-23)39(48(3,41)42)12-4-11-38-13-15-45-16-14-38/h7-10,17-18,20-21,23,31H,4-6,11-16,19,22H2,1-3H3/p+1/t31-/m0/s1. The Balaban J connectivity index is 1.43. The smallest absolute Gasteiger partial charge is 0.338 e. The zero-order valence-electron chi connectivity index (χ0n) is 27.4. The quantitative estimate of drug-likeness (QED) is 0.183. The van der Waals surface area contributed by atoms with E-state index in [0.717, 1.165) is 32.5 Å². The molecule has 2 fully saturated rings. The molecular weight excluding hydrogens is 681 g/mol. The van der Waals surface area contributed by atoms with Gasteiger partial charge in [-0.05, 0) is 61.1 Å². The first-order valence-electron chi connectivity index (χ1n) is 15.9. The topological polar surface area (TPSA) is 118 Å². The van der Waals surface area contributed by atoms with Crippen molar-refractivity contribution in [1.29, 1.82) is 0 Å². The molecule has 48 heavy (non-hydrogen) atoms. The van der Waals surface area contributed by atoms with Crippen molar-refractivity contribution in [2.24, 2.45) is 5.92 Å². The number of aromatic amines is 1. The molecule has 1 saturated carbocycles. The number of anilines is 1. The first kappa shape index (κ1) is 36.0. The van der Waals surface area contributed by atoms with Gasteiger partial charge in [0.25, 0.3) is 0 Å². The molecule has 260 valence electrons. The number of H-pyrrole nitrogens is 1. The Morgan fingerprint density at radius 2 is 1.73 bits per heavy atom. The van der Waals surface area contributed by atoms with E-state index in [1.165, 1.54) is 24.8 Å². The van der Waals surface area contributed by atoms with Gasteiger partial charge in [-0.15, -0.1) is 0 Å². The molecule has 0 bridgehead atoms. The number of pyridine rings is 1. The minimum atomic E-state index is -3.67. The van der Waals surface area contributed by atoms with Gasteiger partial charge in [-0.3, -0.25) is 9.21 Å². The number of nitrogens with zero attached hydrogens (tertiary/aromatic N) is 2. The lowest BCUT2D eigenvalue weighted by Crippen LogP contribution is -2.39. The van der Waals surface area contributed by atoms with Crippen LogP contribution in [0.2, 0.25) is 10.0 Å².